The van der Waals surface area contributed by atoms with E-state index in [2.05, 4.69) is 10.1 Å². The summed E-state index contributed by atoms with van der Waals surface area (Å²) in [6, 6.07) is 21.7. The molecule has 4 aromatic rings. The third-order valence-corrected chi connectivity index (χ3v) is 4.62. The van der Waals surface area contributed by atoms with Crippen molar-refractivity contribution in [1.29, 1.82) is 0 Å². The molecule has 0 saturated carbocycles. The van der Waals surface area contributed by atoms with E-state index in [4.69, 9.17) is 0 Å². The van der Waals surface area contributed by atoms with Gasteiger partial charge in [-0.05, 0) is 40.6 Å². The molecule has 5 nitrogen and oxygen atoms in total. The number of carbonyl (C=O) groups excluding carboxylic acids is 1. The number of aromatic nitrogens is 3. The van der Waals surface area contributed by atoms with Crippen LogP contribution in [0, 0.1) is 0 Å². The molecular formula is C23H20N4O. The van der Waals surface area contributed by atoms with Crippen LogP contribution in [0.15, 0.2) is 79.4 Å². The third-order valence-electron chi connectivity index (χ3n) is 4.62. The number of anilines is 1. The fourth-order valence-corrected chi connectivity index (χ4v) is 3.07. The molecule has 5 heteroatoms. The maximum atomic E-state index is 13.3. The Morgan fingerprint density at radius 3 is 2.39 bits per heavy atom. The molecule has 0 fully saturated rings. The predicted octanol–water partition coefficient (Wildman–Crippen LogP) is 4.38. The van der Waals surface area contributed by atoms with Crippen LogP contribution in [0.5, 0.6) is 0 Å². The van der Waals surface area contributed by atoms with Crippen LogP contribution in [0.2, 0.25) is 0 Å². The van der Waals surface area contributed by atoms with Gasteiger partial charge in [-0.1, -0.05) is 48.5 Å². The maximum absolute atomic E-state index is 13.3. The van der Waals surface area contributed by atoms with Gasteiger partial charge < -0.3 is 4.90 Å². The molecule has 0 aliphatic heterocycles. The molecule has 0 atom stereocenters. The summed E-state index contributed by atoms with van der Waals surface area (Å²) in [6.07, 6.45) is 4.81. The van der Waals surface area contributed by atoms with Gasteiger partial charge in [0, 0.05) is 25.3 Å². The summed E-state index contributed by atoms with van der Waals surface area (Å²) in [5.74, 6) is -0.104. The molecule has 3 aromatic carbocycles. The Morgan fingerprint density at radius 2 is 1.71 bits per heavy atom. The molecule has 0 amide bonds. The van der Waals surface area contributed by atoms with Gasteiger partial charge >= 0.3 is 0 Å². The molecular weight excluding hydrogens is 348 g/mol. The Bertz CT molecular complexity index is 1140. The summed E-state index contributed by atoms with van der Waals surface area (Å²) < 4.78 is 1.51. The normalized spacial score (nSPS) is 11.6. The first-order chi connectivity index (χ1) is 13.6. The number of Topliss-reactive ketones (excluding diaryl/α,β-unsaturated/α-hetero) is 1. The van der Waals surface area contributed by atoms with Gasteiger partial charge in [0.2, 0.25) is 5.78 Å². The molecule has 138 valence electrons. The molecule has 0 saturated heterocycles. The van der Waals surface area contributed by atoms with Crippen molar-refractivity contribution in [2.75, 3.05) is 19.0 Å². The summed E-state index contributed by atoms with van der Waals surface area (Å²) >= 11 is 0. The van der Waals surface area contributed by atoms with E-state index < -0.39 is 0 Å². The van der Waals surface area contributed by atoms with Gasteiger partial charge in [0.15, 0.2) is 0 Å². The minimum absolute atomic E-state index is 0.104. The Labute approximate surface area is 163 Å². The van der Waals surface area contributed by atoms with Crippen molar-refractivity contribution in [1.82, 2.24) is 14.8 Å². The van der Waals surface area contributed by atoms with E-state index >= 15 is 0 Å². The molecule has 0 aliphatic rings. The smallest absolute Gasteiger partial charge is 0.211 e. The molecule has 0 radical (unpaired) electrons. The van der Waals surface area contributed by atoms with E-state index in [-0.39, 0.29) is 5.78 Å². The van der Waals surface area contributed by atoms with E-state index in [1.165, 1.54) is 11.0 Å². The first-order valence-electron chi connectivity index (χ1n) is 8.99. The molecule has 0 aliphatic carbocycles. The lowest BCUT2D eigenvalue weighted by atomic mass is 10.0. The lowest BCUT2D eigenvalue weighted by molar-refractivity contribution is 0.105. The Hall–Kier alpha value is -3.73. The Kier molecular flexibility index (Phi) is 4.72. The summed E-state index contributed by atoms with van der Waals surface area (Å²) in [7, 11) is 3.99. The highest BCUT2D eigenvalue weighted by molar-refractivity contribution is 6.28. The van der Waals surface area contributed by atoms with E-state index in [1.807, 2.05) is 91.8 Å². The van der Waals surface area contributed by atoms with Gasteiger partial charge in [-0.15, -0.1) is 0 Å². The highest BCUT2D eigenvalue weighted by Crippen LogP contribution is 2.22. The summed E-state index contributed by atoms with van der Waals surface area (Å²) in [6.45, 7) is 0. The molecule has 1 heterocycles. The van der Waals surface area contributed by atoms with E-state index in [9.17, 15) is 4.79 Å². The van der Waals surface area contributed by atoms with Gasteiger partial charge in [-0.3, -0.25) is 4.79 Å². The lowest BCUT2D eigenvalue weighted by Crippen LogP contribution is -2.10. The van der Waals surface area contributed by atoms with E-state index in [1.54, 1.807) is 6.33 Å². The fraction of sp³-hybridized carbons (Fsp3) is 0.0870. The Morgan fingerprint density at radius 1 is 0.964 bits per heavy atom. The summed E-state index contributed by atoms with van der Waals surface area (Å²) in [4.78, 5) is 19.3. The quantitative estimate of drug-likeness (QED) is 0.387. The second-order valence-electron chi connectivity index (χ2n) is 6.75. The first kappa shape index (κ1) is 17.7. The highest BCUT2D eigenvalue weighted by Gasteiger charge is 2.16. The number of fused-ring (bicyclic) bond motifs is 1. The highest BCUT2D eigenvalue weighted by atomic mass is 16.1. The Balaban J connectivity index is 1.76. The zero-order valence-corrected chi connectivity index (χ0v) is 15.8. The van der Waals surface area contributed by atoms with Crippen LogP contribution < -0.4 is 4.90 Å². The minimum atomic E-state index is -0.104. The number of carbonyl (C=O) groups is 1. The maximum Gasteiger partial charge on any atom is 0.211 e. The van der Waals surface area contributed by atoms with Crippen LogP contribution in [-0.2, 0) is 0 Å². The predicted molar refractivity (Wildman–Crippen MR) is 113 cm³/mol. The number of rotatable bonds is 5. The van der Waals surface area contributed by atoms with Gasteiger partial charge in [0.1, 0.15) is 18.4 Å². The number of hydrogen-bond acceptors (Lipinski definition) is 4. The largest absolute Gasteiger partial charge is 0.378 e. The van der Waals surface area contributed by atoms with Crippen molar-refractivity contribution < 1.29 is 4.79 Å². The molecule has 0 unspecified atom stereocenters. The minimum Gasteiger partial charge on any atom is -0.378 e. The van der Waals surface area contributed by atoms with Gasteiger partial charge in [0.05, 0.1) is 0 Å². The zero-order valence-electron chi connectivity index (χ0n) is 15.8. The lowest BCUT2D eigenvalue weighted by Gasteiger charge is -2.12. The average Bonchev–Trinajstić information content (AvgIpc) is 3.26. The van der Waals surface area contributed by atoms with Crippen molar-refractivity contribution in [3.8, 4) is 0 Å². The number of allylic oxidation sites excluding steroid dienone is 1. The molecule has 0 spiro atoms. The number of ketones is 1. The summed E-state index contributed by atoms with van der Waals surface area (Å²) in [5, 5.41) is 6.31. The van der Waals surface area contributed by atoms with Crippen LogP contribution >= 0.6 is 0 Å². The number of benzene rings is 3. The third kappa shape index (κ3) is 3.55. The standard InChI is InChI=1S/C23H20N4O/c1-26(2)21-11-7-17(8-12-21)13-22(27-16-24-15-25-27)23(28)20-10-9-18-5-3-4-6-19(18)14-20/h3-16H,1-2H3/b22-13-. The van der Waals surface area contributed by atoms with Crippen molar-refractivity contribution in [2.45, 2.75) is 0 Å². The van der Waals surface area contributed by atoms with Crippen molar-refractivity contribution in [3.63, 3.8) is 0 Å². The average molecular weight is 368 g/mol. The molecule has 1 aromatic heterocycles. The van der Waals surface area contributed by atoms with Crippen molar-refractivity contribution in [3.05, 3.63) is 90.5 Å². The second-order valence-corrected chi connectivity index (χ2v) is 6.75. The van der Waals surface area contributed by atoms with E-state index in [0.717, 1.165) is 22.0 Å². The fourth-order valence-electron chi connectivity index (χ4n) is 3.07. The van der Waals surface area contributed by atoms with Gasteiger partial charge in [-0.25, -0.2) is 9.67 Å². The first-order valence-corrected chi connectivity index (χ1v) is 8.99. The SMILES string of the molecule is CN(C)c1ccc(/C=C(/C(=O)c2ccc3ccccc3c2)n2cncn2)cc1. The topological polar surface area (TPSA) is 51.0 Å². The van der Waals surface area contributed by atoms with Gasteiger partial charge in [0.25, 0.3) is 0 Å². The zero-order chi connectivity index (χ0) is 19.5. The second kappa shape index (κ2) is 7.48. The molecule has 0 bridgehead atoms. The number of nitrogens with zero attached hydrogens (tertiary/aromatic N) is 4. The van der Waals surface area contributed by atoms with Crippen LogP contribution in [0.25, 0.3) is 22.5 Å². The van der Waals surface area contributed by atoms with Gasteiger partial charge in [-0.2, -0.15) is 5.10 Å². The summed E-state index contributed by atoms with van der Waals surface area (Å²) in [5.41, 5.74) is 3.08. The molecule has 4 rings (SSSR count). The van der Waals surface area contributed by atoms with Crippen LogP contribution in [-0.4, -0.2) is 34.6 Å². The molecule has 28 heavy (non-hydrogen) atoms. The van der Waals surface area contributed by atoms with E-state index in [0.29, 0.717) is 11.3 Å². The number of hydrogen-bond donors (Lipinski definition) is 0. The van der Waals surface area contributed by atoms with Crippen molar-refractivity contribution >= 4 is 34.0 Å². The van der Waals surface area contributed by atoms with Crippen LogP contribution in [0.3, 0.4) is 0 Å². The van der Waals surface area contributed by atoms with Crippen LogP contribution in [0.4, 0.5) is 5.69 Å². The van der Waals surface area contributed by atoms with Crippen LogP contribution in [0.1, 0.15) is 15.9 Å². The monoisotopic (exact) mass is 368 g/mol. The molecule has 0 N–H and O–H groups in total. The van der Waals surface area contributed by atoms with Crippen molar-refractivity contribution in [2.24, 2.45) is 0 Å².